The average Bonchev–Trinajstić information content (AvgIpc) is 2.52. The molecule has 1 aromatic heterocycles. The van der Waals surface area contributed by atoms with Crippen LogP contribution in [-0.2, 0) is 4.79 Å². The highest BCUT2D eigenvalue weighted by molar-refractivity contribution is 9.10. The summed E-state index contributed by atoms with van der Waals surface area (Å²) in [4.78, 5) is 25.0. The molecule has 0 bridgehead atoms. The Balaban J connectivity index is 2.69. The van der Waals surface area contributed by atoms with Crippen LogP contribution in [0.3, 0.4) is 0 Å². The lowest BCUT2D eigenvalue weighted by Crippen LogP contribution is -2.19. The Hall–Kier alpha value is -0.950. The molecule has 1 rings (SSSR count). The summed E-state index contributed by atoms with van der Waals surface area (Å²) in [6.07, 6.45) is 0. The quantitative estimate of drug-likeness (QED) is 0.823. The van der Waals surface area contributed by atoms with Crippen LogP contribution >= 0.6 is 27.3 Å². The number of anilines is 1. The van der Waals surface area contributed by atoms with Gasteiger partial charge in [0.1, 0.15) is 0 Å². The maximum Gasteiger partial charge on any atom is 0.355 e. The molecule has 14 heavy (non-hydrogen) atoms. The maximum atomic E-state index is 11.2. The van der Waals surface area contributed by atoms with Crippen molar-refractivity contribution in [2.24, 2.45) is 0 Å². The van der Waals surface area contributed by atoms with Crippen LogP contribution in [-0.4, -0.2) is 26.8 Å². The van der Waals surface area contributed by atoms with Crippen molar-refractivity contribution in [3.63, 3.8) is 0 Å². The summed E-state index contributed by atoms with van der Waals surface area (Å²) in [5.74, 6) is -1.36. The van der Waals surface area contributed by atoms with E-state index in [1.807, 2.05) is 0 Å². The molecule has 0 saturated carbocycles. The molecule has 0 aromatic carbocycles. The zero-order valence-electron chi connectivity index (χ0n) is 7.15. The van der Waals surface area contributed by atoms with E-state index in [-0.39, 0.29) is 16.4 Å². The largest absolute Gasteiger partial charge is 0.476 e. The molecule has 0 aliphatic rings. The number of carbonyl (C=O) groups excluding carboxylic acids is 1. The first kappa shape index (κ1) is 11.1. The second-order valence-corrected chi connectivity index (χ2v) is 4.68. The van der Waals surface area contributed by atoms with Crippen molar-refractivity contribution in [2.45, 2.75) is 11.8 Å². The van der Waals surface area contributed by atoms with Gasteiger partial charge in [0.05, 0.1) is 4.83 Å². The fourth-order valence-electron chi connectivity index (χ4n) is 0.634. The van der Waals surface area contributed by atoms with Crippen molar-refractivity contribution in [3.05, 3.63) is 11.1 Å². The van der Waals surface area contributed by atoms with Crippen LogP contribution in [0.2, 0.25) is 0 Å². The second kappa shape index (κ2) is 4.52. The number of rotatable bonds is 3. The van der Waals surface area contributed by atoms with E-state index in [1.54, 1.807) is 6.92 Å². The number of aromatic carboxylic acids is 1. The Morgan fingerprint density at radius 2 is 2.36 bits per heavy atom. The molecule has 1 amide bonds. The predicted octanol–water partition coefficient (Wildman–Crippen LogP) is 1.56. The minimum Gasteiger partial charge on any atom is -0.476 e. The van der Waals surface area contributed by atoms with Crippen LogP contribution < -0.4 is 5.32 Å². The number of amides is 1. The van der Waals surface area contributed by atoms with Gasteiger partial charge in [0, 0.05) is 5.38 Å². The number of thiazole rings is 1. The SMILES string of the molecule is CC(Br)C(=O)Nc1nc(C(=O)O)cs1. The van der Waals surface area contributed by atoms with Gasteiger partial charge in [0.25, 0.3) is 0 Å². The number of alkyl halides is 1. The first-order valence-electron chi connectivity index (χ1n) is 3.64. The van der Waals surface area contributed by atoms with Gasteiger partial charge in [-0.15, -0.1) is 11.3 Å². The smallest absolute Gasteiger partial charge is 0.355 e. The van der Waals surface area contributed by atoms with E-state index in [0.717, 1.165) is 11.3 Å². The summed E-state index contributed by atoms with van der Waals surface area (Å²) in [5, 5.41) is 12.7. The molecule has 0 fully saturated rings. The topological polar surface area (TPSA) is 79.3 Å². The molecule has 76 valence electrons. The van der Waals surface area contributed by atoms with Crippen molar-refractivity contribution in [1.29, 1.82) is 0 Å². The molecule has 0 saturated heterocycles. The molecule has 0 aliphatic carbocycles. The minimum atomic E-state index is -1.10. The fourth-order valence-corrected chi connectivity index (χ4v) is 1.44. The van der Waals surface area contributed by atoms with Gasteiger partial charge < -0.3 is 10.4 Å². The number of aromatic nitrogens is 1. The normalized spacial score (nSPS) is 12.1. The van der Waals surface area contributed by atoms with Crippen molar-refractivity contribution < 1.29 is 14.7 Å². The molecule has 2 N–H and O–H groups in total. The molecule has 1 unspecified atom stereocenters. The van der Waals surface area contributed by atoms with Crippen LogP contribution in [0.15, 0.2) is 5.38 Å². The highest BCUT2D eigenvalue weighted by Gasteiger charge is 2.13. The van der Waals surface area contributed by atoms with Gasteiger partial charge in [0.15, 0.2) is 10.8 Å². The van der Waals surface area contributed by atoms with Crippen molar-refractivity contribution >= 4 is 44.3 Å². The number of nitrogens with one attached hydrogen (secondary N) is 1. The van der Waals surface area contributed by atoms with Crippen LogP contribution in [0.1, 0.15) is 17.4 Å². The highest BCUT2D eigenvalue weighted by Crippen LogP contribution is 2.16. The first-order chi connectivity index (χ1) is 6.50. The summed E-state index contributed by atoms with van der Waals surface area (Å²) < 4.78 is 0. The zero-order chi connectivity index (χ0) is 10.7. The van der Waals surface area contributed by atoms with E-state index in [4.69, 9.17) is 5.11 Å². The van der Waals surface area contributed by atoms with Gasteiger partial charge in [-0.3, -0.25) is 4.79 Å². The van der Waals surface area contributed by atoms with Crippen LogP contribution in [0, 0.1) is 0 Å². The van der Waals surface area contributed by atoms with Crippen molar-refractivity contribution in [1.82, 2.24) is 4.98 Å². The third-order valence-electron chi connectivity index (χ3n) is 1.31. The van der Waals surface area contributed by atoms with Gasteiger partial charge in [0.2, 0.25) is 5.91 Å². The van der Waals surface area contributed by atoms with Crippen molar-refractivity contribution in [3.8, 4) is 0 Å². The third kappa shape index (κ3) is 2.78. The molecule has 1 atom stereocenters. The lowest BCUT2D eigenvalue weighted by molar-refractivity contribution is -0.115. The minimum absolute atomic E-state index is 0.0625. The van der Waals surface area contributed by atoms with E-state index >= 15 is 0 Å². The number of nitrogens with zero attached hydrogens (tertiary/aromatic N) is 1. The van der Waals surface area contributed by atoms with Gasteiger partial charge in [-0.2, -0.15) is 0 Å². The number of carboxylic acid groups (broad SMARTS) is 1. The standard InChI is InChI=1S/C7H7BrN2O3S/c1-3(8)5(11)10-7-9-4(2-14-7)6(12)13/h2-3H,1H3,(H,12,13)(H,9,10,11). The van der Waals surface area contributed by atoms with Crippen LogP contribution in [0.5, 0.6) is 0 Å². The first-order valence-corrected chi connectivity index (χ1v) is 5.44. The maximum absolute atomic E-state index is 11.2. The molecule has 0 aliphatic heterocycles. The molecular weight excluding hydrogens is 272 g/mol. The van der Waals surface area contributed by atoms with E-state index < -0.39 is 5.97 Å². The number of carbonyl (C=O) groups is 2. The van der Waals surface area contributed by atoms with Gasteiger partial charge >= 0.3 is 5.97 Å². The Morgan fingerprint density at radius 3 is 2.79 bits per heavy atom. The lowest BCUT2D eigenvalue weighted by Gasteiger charge is -2.01. The van der Waals surface area contributed by atoms with E-state index in [0.29, 0.717) is 5.13 Å². The van der Waals surface area contributed by atoms with Gasteiger partial charge in [-0.25, -0.2) is 9.78 Å². The van der Waals surface area contributed by atoms with E-state index in [1.165, 1.54) is 5.38 Å². The molecule has 1 aromatic rings. The second-order valence-electron chi connectivity index (χ2n) is 2.45. The van der Waals surface area contributed by atoms with Gasteiger partial charge in [-0.1, -0.05) is 15.9 Å². The summed E-state index contributed by atoms with van der Waals surface area (Å²) in [5.41, 5.74) is -0.0625. The average molecular weight is 279 g/mol. The Kier molecular flexibility index (Phi) is 3.59. The summed E-state index contributed by atoms with van der Waals surface area (Å²) >= 11 is 4.16. The molecule has 0 spiro atoms. The monoisotopic (exact) mass is 278 g/mol. The number of carboxylic acids is 1. The Morgan fingerprint density at radius 1 is 1.71 bits per heavy atom. The van der Waals surface area contributed by atoms with E-state index in [2.05, 4.69) is 26.2 Å². The number of hydrogen-bond donors (Lipinski definition) is 2. The Labute approximate surface area is 92.3 Å². The molecule has 7 heteroatoms. The third-order valence-corrected chi connectivity index (χ3v) is 2.49. The fraction of sp³-hybridized carbons (Fsp3) is 0.286. The number of halogens is 1. The van der Waals surface area contributed by atoms with Crippen LogP contribution in [0.4, 0.5) is 5.13 Å². The summed E-state index contributed by atoms with van der Waals surface area (Å²) in [7, 11) is 0. The van der Waals surface area contributed by atoms with Gasteiger partial charge in [-0.05, 0) is 6.92 Å². The molecule has 0 radical (unpaired) electrons. The van der Waals surface area contributed by atoms with Crippen LogP contribution in [0.25, 0.3) is 0 Å². The zero-order valence-corrected chi connectivity index (χ0v) is 9.55. The summed E-state index contributed by atoms with van der Waals surface area (Å²) in [6, 6.07) is 0. The number of hydrogen-bond acceptors (Lipinski definition) is 4. The summed E-state index contributed by atoms with van der Waals surface area (Å²) in [6.45, 7) is 1.67. The lowest BCUT2D eigenvalue weighted by atomic mass is 10.4. The Bertz CT molecular complexity index is 364. The highest BCUT2D eigenvalue weighted by atomic mass is 79.9. The molecule has 1 heterocycles. The molecular formula is C7H7BrN2O3S. The van der Waals surface area contributed by atoms with Crippen molar-refractivity contribution in [2.75, 3.05) is 5.32 Å². The molecule has 5 nitrogen and oxygen atoms in total. The predicted molar refractivity (Wildman–Crippen MR) is 56.1 cm³/mol. The van der Waals surface area contributed by atoms with E-state index in [9.17, 15) is 9.59 Å².